The molecular weight excluding hydrogens is 220 g/mol. The monoisotopic (exact) mass is 252 g/mol. The Balaban J connectivity index is 1.85. The smallest absolute Gasteiger partial charge is 0.0348 e. The highest BCUT2D eigenvalue weighted by atomic mass is 15.2. The fourth-order valence-electron chi connectivity index (χ4n) is 3.80. The van der Waals surface area contributed by atoms with Gasteiger partial charge in [0, 0.05) is 25.2 Å². The quantitative estimate of drug-likeness (QED) is 0.808. The minimum absolute atomic E-state index is 0.556. The molecule has 1 heterocycles. The van der Waals surface area contributed by atoms with E-state index in [2.05, 4.69) is 37.9 Å². The van der Waals surface area contributed by atoms with E-state index in [-0.39, 0.29) is 0 Å². The van der Waals surface area contributed by atoms with Gasteiger partial charge in [-0.15, -0.1) is 0 Å². The second-order valence-electron chi connectivity index (χ2n) is 6.99. The summed E-state index contributed by atoms with van der Waals surface area (Å²) in [5.41, 5.74) is 0.556. The fourth-order valence-corrected chi connectivity index (χ4v) is 3.80. The Bertz CT molecular complexity index is 250. The van der Waals surface area contributed by atoms with Crippen LogP contribution in [0, 0.1) is 11.3 Å². The largest absolute Gasteiger partial charge is 0.314 e. The van der Waals surface area contributed by atoms with Gasteiger partial charge in [-0.05, 0) is 43.6 Å². The van der Waals surface area contributed by atoms with E-state index in [4.69, 9.17) is 0 Å². The summed E-state index contributed by atoms with van der Waals surface area (Å²) in [5.74, 6) is 0.956. The van der Waals surface area contributed by atoms with Crippen molar-refractivity contribution in [2.75, 3.05) is 19.6 Å². The van der Waals surface area contributed by atoms with Crippen molar-refractivity contribution in [2.24, 2.45) is 11.3 Å². The summed E-state index contributed by atoms with van der Waals surface area (Å²) < 4.78 is 0. The predicted molar refractivity (Wildman–Crippen MR) is 78.9 cm³/mol. The highest BCUT2D eigenvalue weighted by Gasteiger charge is 2.36. The number of rotatable bonds is 5. The van der Waals surface area contributed by atoms with E-state index in [1.165, 1.54) is 51.7 Å². The molecule has 0 spiro atoms. The average Bonchev–Trinajstić information content (AvgIpc) is 2.33. The van der Waals surface area contributed by atoms with Crippen molar-refractivity contribution in [3.8, 4) is 0 Å². The average molecular weight is 252 g/mol. The molecule has 2 fully saturated rings. The third kappa shape index (κ3) is 2.91. The van der Waals surface area contributed by atoms with Gasteiger partial charge in [-0.2, -0.15) is 0 Å². The molecule has 0 unspecified atom stereocenters. The van der Waals surface area contributed by atoms with Gasteiger partial charge in [-0.3, -0.25) is 4.90 Å². The highest BCUT2D eigenvalue weighted by molar-refractivity contribution is 4.91. The SMILES string of the molecule is CCN(C1CCC(C(C)(C)CC)CC1)C1CNC1. The second kappa shape index (κ2) is 5.92. The van der Waals surface area contributed by atoms with Crippen LogP contribution in [-0.4, -0.2) is 36.6 Å². The van der Waals surface area contributed by atoms with E-state index >= 15 is 0 Å². The molecule has 106 valence electrons. The molecule has 1 saturated carbocycles. The van der Waals surface area contributed by atoms with Crippen LogP contribution in [0.2, 0.25) is 0 Å². The van der Waals surface area contributed by atoms with Gasteiger partial charge in [0.1, 0.15) is 0 Å². The first-order chi connectivity index (χ1) is 8.58. The highest BCUT2D eigenvalue weighted by Crippen LogP contribution is 2.41. The molecule has 2 nitrogen and oxygen atoms in total. The lowest BCUT2D eigenvalue weighted by Gasteiger charge is -2.47. The van der Waals surface area contributed by atoms with Crippen LogP contribution in [0.3, 0.4) is 0 Å². The summed E-state index contributed by atoms with van der Waals surface area (Å²) in [6.45, 7) is 13.3. The Morgan fingerprint density at radius 2 is 1.61 bits per heavy atom. The first-order valence-corrected chi connectivity index (χ1v) is 8.05. The molecule has 2 heteroatoms. The zero-order chi connectivity index (χ0) is 13.2. The maximum absolute atomic E-state index is 3.42. The number of hydrogen-bond acceptors (Lipinski definition) is 2. The molecule has 18 heavy (non-hydrogen) atoms. The summed E-state index contributed by atoms with van der Waals surface area (Å²) in [5, 5.41) is 3.42. The van der Waals surface area contributed by atoms with Crippen LogP contribution in [-0.2, 0) is 0 Å². The van der Waals surface area contributed by atoms with E-state index in [0.717, 1.165) is 18.0 Å². The molecule has 0 bridgehead atoms. The first kappa shape index (κ1) is 14.3. The van der Waals surface area contributed by atoms with Crippen molar-refractivity contribution < 1.29 is 0 Å². The summed E-state index contributed by atoms with van der Waals surface area (Å²) >= 11 is 0. The Morgan fingerprint density at radius 3 is 2.00 bits per heavy atom. The summed E-state index contributed by atoms with van der Waals surface area (Å²) in [6.07, 6.45) is 7.08. The number of likely N-dealkylation sites (N-methyl/N-ethyl adjacent to an activating group) is 1. The van der Waals surface area contributed by atoms with Crippen molar-refractivity contribution in [1.29, 1.82) is 0 Å². The summed E-state index contributed by atoms with van der Waals surface area (Å²) in [7, 11) is 0. The molecule has 1 saturated heterocycles. The van der Waals surface area contributed by atoms with Gasteiger partial charge in [-0.1, -0.05) is 34.1 Å². The molecule has 0 radical (unpaired) electrons. The maximum atomic E-state index is 3.42. The lowest BCUT2D eigenvalue weighted by molar-refractivity contribution is 0.0459. The minimum Gasteiger partial charge on any atom is -0.314 e. The molecular formula is C16H32N2. The van der Waals surface area contributed by atoms with Crippen LogP contribution >= 0.6 is 0 Å². The first-order valence-electron chi connectivity index (χ1n) is 8.05. The molecule has 2 rings (SSSR count). The predicted octanol–water partition coefficient (Wildman–Crippen LogP) is 3.28. The van der Waals surface area contributed by atoms with Gasteiger partial charge in [0.15, 0.2) is 0 Å². The minimum atomic E-state index is 0.556. The molecule has 0 aromatic heterocycles. The molecule has 1 N–H and O–H groups in total. The van der Waals surface area contributed by atoms with Crippen molar-refractivity contribution in [2.45, 2.75) is 71.9 Å². The third-order valence-electron chi connectivity index (χ3n) is 5.78. The van der Waals surface area contributed by atoms with E-state index < -0.39 is 0 Å². The maximum Gasteiger partial charge on any atom is 0.0348 e. The van der Waals surface area contributed by atoms with Gasteiger partial charge < -0.3 is 5.32 Å². The van der Waals surface area contributed by atoms with Crippen LogP contribution in [0.15, 0.2) is 0 Å². The van der Waals surface area contributed by atoms with Gasteiger partial charge in [-0.25, -0.2) is 0 Å². The van der Waals surface area contributed by atoms with Crippen LogP contribution in [0.25, 0.3) is 0 Å². The normalized spacial score (nSPS) is 30.5. The molecule has 0 atom stereocenters. The second-order valence-corrected chi connectivity index (χ2v) is 6.99. The molecule has 1 aliphatic heterocycles. The van der Waals surface area contributed by atoms with E-state index in [1.54, 1.807) is 0 Å². The van der Waals surface area contributed by atoms with Crippen molar-refractivity contribution in [1.82, 2.24) is 10.2 Å². The standard InChI is InChI=1S/C16H32N2/c1-5-16(3,4)13-7-9-14(10-8-13)18(6-2)15-11-17-12-15/h13-15,17H,5-12H2,1-4H3. The lowest BCUT2D eigenvalue weighted by atomic mass is 9.68. The number of nitrogens with zero attached hydrogens (tertiary/aromatic N) is 1. The van der Waals surface area contributed by atoms with Crippen molar-refractivity contribution in [3.63, 3.8) is 0 Å². The van der Waals surface area contributed by atoms with Gasteiger partial charge >= 0.3 is 0 Å². The molecule has 0 aromatic carbocycles. The van der Waals surface area contributed by atoms with E-state index in [0.29, 0.717) is 5.41 Å². The number of hydrogen-bond donors (Lipinski definition) is 1. The Labute approximate surface area is 114 Å². The molecule has 2 aliphatic rings. The van der Waals surface area contributed by atoms with Crippen LogP contribution in [0.1, 0.15) is 59.8 Å². The van der Waals surface area contributed by atoms with Crippen LogP contribution in [0.4, 0.5) is 0 Å². The van der Waals surface area contributed by atoms with Crippen LogP contribution < -0.4 is 5.32 Å². The van der Waals surface area contributed by atoms with E-state index in [9.17, 15) is 0 Å². The van der Waals surface area contributed by atoms with Crippen molar-refractivity contribution >= 4 is 0 Å². The van der Waals surface area contributed by atoms with Gasteiger partial charge in [0.05, 0.1) is 0 Å². The Hall–Kier alpha value is -0.0800. The van der Waals surface area contributed by atoms with Gasteiger partial charge in [0.25, 0.3) is 0 Å². The van der Waals surface area contributed by atoms with Crippen LogP contribution in [0.5, 0.6) is 0 Å². The Morgan fingerprint density at radius 1 is 1.00 bits per heavy atom. The summed E-state index contributed by atoms with van der Waals surface area (Å²) in [4.78, 5) is 2.77. The topological polar surface area (TPSA) is 15.3 Å². The Kier molecular flexibility index (Phi) is 4.71. The number of nitrogens with one attached hydrogen (secondary N) is 1. The zero-order valence-corrected chi connectivity index (χ0v) is 12.8. The molecule has 1 aliphatic carbocycles. The lowest BCUT2D eigenvalue weighted by Crippen LogP contribution is -2.60. The van der Waals surface area contributed by atoms with Crippen molar-refractivity contribution in [3.05, 3.63) is 0 Å². The van der Waals surface area contributed by atoms with Gasteiger partial charge in [0.2, 0.25) is 0 Å². The third-order valence-corrected chi connectivity index (χ3v) is 5.78. The van der Waals surface area contributed by atoms with E-state index in [1.807, 2.05) is 0 Å². The zero-order valence-electron chi connectivity index (χ0n) is 12.8. The fraction of sp³-hybridized carbons (Fsp3) is 1.00. The molecule has 0 aromatic rings. The molecule has 0 amide bonds. The summed E-state index contributed by atoms with van der Waals surface area (Å²) in [6, 6.07) is 1.70.